The van der Waals surface area contributed by atoms with Crippen LogP contribution in [-0.2, 0) is 6.42 Å². The Morgan fingerprint density at radius 2 is 2.18 bits per heavy atom. The van der Waals surface area contributed by atoms with Gasteiger partial charge >= 0.3 is 0 Å². The monoisotopic (exact) mass is 253 g/mol. The standard InChI is InChI=1S/C13H23N3S/c1-4-10-6-5-7-11(10)14-13-16-15-12(17-13)8-9(2)3/h9-11H,4-8H2,1-3H3,(H,14,16). The number of hydrogen-bond acceptors (Lipinski definition) is 4. The molecule has 0 aromatic carbocycles. The quantitative estimate of drug-likeness (QED) is 0.869. The Balaban J connectivity index is 1.92. The number of nitrogens with one attached hydrogen (secondary N) is 1. The van der Waals surface area contributed by atoms with E-state index in [4.69, 9.17) is 0 Å². The van der Waals surface area contributed by atoms with Gasteiger partial charge in [-0.2, -0.15) is 0 Å². The molecule has 17 heavy (non-hydrogen) atoms. The lowest BCUT2D eigenvalue weighted by Gasteiger charge is -2.18. The smallest absolute Gasteiger partial charge is 0.205 e. The van der Waals surface area contributed by atoms with Gasteiger partial charge in [0.1, 0.15) is 5.01 Å². The van der Waals surface area contributed by atoms with Crippen molar-refractivity contribution in [1.29, 1.82) is 0 Å². The first kappa shape index (κ1) is 12.8. The Labute approximate surface area is 108 Å². The van der Waals surface area contributed by atoms with E-state index < -0.39 is 0 Å². The summed E-state index contributed by atoms with van der Waals surface area (Å²) >= 11 is 1.73. The molecule has 2 atom stereocenters. The third kappa shape index (κ3) is 3.41. The van der Waals surface area contributed by atoms with Crippen molar-refractivity contribution in [2.75, 3.05) is 5.32 Å². The molecule has 0 bridgehead atoms. The predicted molar refractivity (Wildman–Crippen MR) is 73.5 cm³/mol. The van der Waals surface area contributed by atoms with Gasteiger partial charge in [0.25, 0.3) is 0 Å². The van der Waals surface area contributed by atoms with Crippen LogP contribution in [0.1, 0.15) is 51.5 Å². The second-order valence-electron chi connectivity index (χ2n) is 5.45. The highest BCUT2D eigenvalue weighted by Crippen LogP contribution is 2.31. The molecule has 1 N–H and O–H groups in total. The maximum atomic E-state index is 4.26. The summed E-state index contributed by atoms with van der Waals surface area (Å²) in [5, 5.41) is 14.3. The third-order valence-corrected chi connectivity index (χ3v) is 4.42. The first-order chi connectivity index (χ1) is 8.19. The molecule has 0 spiro atoms. The molecule has 1 aromatic heterocycles. The number of rotatable bonds is 5. The van der Waals surface area contributed by atoms with E-state index in [0.717, 1.165) is 22.5 Å². The molecular weight excluding hydrogens is 230 g/mol. The first-order valence-electron chi connectivity index (χ1n) is 6.78. The van der Waals surface area contributed by atoms with Gasteiger partial charge in [-0.05, 0) is 24.7 Å². The minimum Gasteiger partial charge on any atom is -0.357 e. The van der Waals surface area contributed by atoms with E-state index in [-0.39, 0.29) is 0 Å². The lowest BCUT2D eigenvalue weighted by Crippen LogP contribution is -2.23. The summed E-state index contributed by atoms with van der Waals surface area (Å²) in [7, 11) is 0. The Morgan fingerprint density at radius 3 is 2.88 bits per heavy atom. The molecule has 3 nitrogen and oxygen atoms in total. The second kappa shape index (κ2) is 5.80. The molecule has 1 aliphatic rings. The van der Waals surface area contributed by atoms with Crippen LogP contribution in [0, 0.1) is 11.8 Å². The van der Waals surface area contributed by atoms with Crippen molar-refractivity contribution in [2.24, 2.45) is 11.8 Å². The average molecular weight is 253 g/mol. The number of aromatic nitrogens is 2. The van der Waals surface area contributed by atoms with Crippen LogP contribution in [0.25, 0.3) is 0 Å². The van der Waals surface area contributed by atoms with Crippen LogP contribution >= 0.6 is 11.3 Å². The van der Waals surface area contributed by atoms with Gasteiger partial charge in [-0.25, -0.2) is 0 Å². The van der Waals surface area contributed by atoms with Gasteiger partial charge in [0, 0.05) is 12.5 Å². The van der Waals surface area contributed by atoms with Crippen molar-refractivity contribution in [1.82, 2.24) is 10.2 Å². The zero-order valence-corrected chi connectivity index (χ0v) is 11.9. The van der Waals surface area contributed by atoms with Gasteiger partial charge < -0.3 is 5.32 Å². The number of hydrogen-bond donors (Lipinski definition) is 1. The van der Waals surface area contributed by atoms with Gasteiger partial charge in [0.15, 0.2) is 0 Å². The lowest BCUT2D eigenvalue weighted by atomic mass is 10.0. The molecule has 1 fully saturated rings. The van der Waals surface area contributed by atoms with Crippen LogP contribution in [0.3, 0.4) is 0 Å². The molecule has 0 amide bonds. The summed E-state index contributed by atoms with van der Waals surface area (Å²) in [6, 6.07) is 0.625. The van der Waals surface area contributed by atoms with E-state index >= 15 is 0 Å². The molecule has 1 heterocycles. The topological polar surface area (TPSA) is 37.8 Å². The van der Waals surface area contributed by atoms with Crippen LogP contribution in [0.5, 0.6) is 0 Å². The molecule has 2 rings (SSSR count). The summed E-state index contributed by atoms with van der Waals surface area (Å²) in [4.78, 5) is 0. The zero-order valence-electron chi connectivity index (χ0n) is 11.1. The van der Waals surface area contributed by atoms with Crippen molar-refractivity contribution in [2.45, 2.75) is 58.9 Å². The molecule has 4 heteroatoms. The Kier molecular flexibility index (Phi) is 4.37. The van der Waals surface area contributed by atoms with E-state index in [1.54, 1.807) is 11.3 Å². The minimum absolute atomic E-state index is 0.625. The first-order valence-corrected chi connectivity index (χ1v) is 7.59. The Hall–Kier alpha value is -0.640. The molecule has 0 saturated heterocycles. The van der Waals surface area contributed by atoms with E-state index in [2.05, 4.69) is 36.3 Å². The fourth-order valence-corrected chi connectivity index (χ4v) is 3.63. The molecular formula is C13H23N3S. The molecule has 0 radical (unpaired) electrons. The molecule has 1 saturated carbocycles. The largest absolute Gasteiger partial charge is 0.357 e. The van der Waals surface area contributed by atoms with Gasteiger partial charge in [-0.1, -0.05) is 44.9 Å². The van der Waals surface area contributed by atoms with Crippen LogP contribution in [-0.4, -0.2) is 16.2 Å². The Morgan fingerprint density at radius 1 is 1.35 bits per heavy atom. The summed E-state index contributed by atoms with van der Waals surface area (Å²) < 4.78 is 0. The maximum absolute atomic E-state index is 4.26. The van der Waals surface area contributed by atoms with E-state index in [9.17, 15) is 0 Å². The third-order valence-electron chi connectivity index (χ3n) is 3.54. The van der Waals surface area contributed by atoms with Crippen molar-refractivity contribution in [3.63, 3.8) is 0 Å². The van der Waals surface area contributed by atoms with Crippen LogP contribution in [0.2, 0.25) is 0 Å². The normalized spacial score (nSPS) is 24.5. The summed E-state index contributed by atoms with van der Waals surface area (Å²) in [5.74, 6) is 1.48. The fraction of sp³-hybridized carbons (Fsp3) is 0.846. The van der Waals surface area contributed by atoms with E-state index in [1.165, 1.54) is 25.7 Å². The lowest BCUT2D eigenvalue weighted by molar-refractivity contribution is 0.488. The van der Waals surface area contributed by atoms with Crippen molar-refractivity contribution in [3.8, 4) is 0 Å². The van der Waals surface area contributed by atoms with Crippen molar-refractivity contribution in [3.05, 3.63) is 5.01 Å². The molecule has 0 aliphatic heterocycles. The fourth-order valence-electron chi connectivity index (χ4n) is 2.62. The van der Waals surface area contributed by atoms with Gasteiger partial charge in [-0.3, -0.25) is 0 Å². The van der Waals surface area contributed by atoms with Crippen LogP contribution in [0.4, 0.5) is 5.13 Å². The summed E-state index contributed by atoms with van der Waals surface area (Å²) in [6.45, 7) is 6.73. The number of anilines is 1. The second-order valence-corrected chi connectivity index (χ2v) is 6.51. The van der Waals surface area contributed by atoms with Gasteiger partial charge in [-0.15, -0.1) is 10.2 Å². The highest BCUT2D eigenvalue weighted by molar-refractivity contribution is 7.15. The van der Waals surface area contributed by atoms with E-state index in [0.29, 0.717) is 12.0 Å². The Bertz CT molecular complexity index is 348. The molecule has 2 unspecified atom stereocenters. The predicted octanol–water partition coefficient (Wildman–Crippen LogP) is 3.73. The van der Waals surface area contributed by atoms with Crippen LogP contribution < -0.4 is 5.32 Å². The van der Waals surface area contributed by atoms with Crippen LogP contribution in [0.15, 0.2) is 0 Å². The molecule has 1 aliphatic carbocycles. The SMILES string of the molecule is CCC1CCCC1Nc1nnc(CC(C)C)s1. The highest BCUT2D eigenvalue weighted by atomic mass is 32.1. The summed E-state index contributed by atoms with van der Waals surface area (Å²) in [5.41, 5.74) is 0. The highest BCUT2D eigenvalue weighted by Gasteiger charge is 2.26. The average Bonchev–Trinajstić information content (AvgIpc) is 2.87. The van der Waals surface area contributed by atoms with E-state index in [1.807, 2.05) is 0 Å². The maximum Gasteiger partial charge on any atom is 0.205 e. The van der Waals surface area contributed by atoms with Crippen molar-refractivity contribution >= 4 is 16.5 Å². The van der Waals surface area contributed by atoms with Gasteiger partial charge in [0.05, 0.1) is 0 Å². The number of nitrogens with zero attached hydrogens (tertiary/aromatic N) is 2. The zero-order chi connectivity index (χ0) is 12.3. The summed E-state index contributed by atoms with van der Waals surface area (Å²) in [6.07, 6.45) is 6.33. The van der Waals surface area contributed by atoms with Gasteiger partial charge in [0.2, 0.25) is 5.13 Å². The minimum atomic E-state index is 0.625. The molecule has 1 aromatic rings. The van der Waals surface area contributed by atoms with Crippen molar-refractivity contribution < 1.29 is 0 Å². The molecule has 96 valence electrons.